The summed E-state index contributed by atoms with van der Waals surface area (Å²) in [4.78, 5) is 9.33. The van der Waals surface area contributed by atoms with E-state index in [0.29, 0.717) is 5.92 Å². The van der Waals surface area contributed by atoms with Crippen LogP contribution < -0.4 is 10.6 Å². The van der Waals surface area contributed by atoms with Gasteiger partial charge in [0.15, 0.2) is 5.96 Å². The van der Waals surface area contributed by atoms with E-state index < -0.39 is 0 Å². The fourth-order valence-corrected chi connectivity index (χ4v) is 4.23. The predicted octanol–water partition coefficient (Wildman–Crippen LogP) is 2.32. The first-order chi connectivity index (χ1) is 15.7. The molecular formula is C25H43N5O2. The Morgan fingerprint density at radius 3 is 2.62 bits per heavy atom. The van der Waals surface area contributed by atoms with E-state index in [4.69, 9.17) is 9.47 Å². The van der Waals surface area contributed by atoms with Gasteiger partial charge in [-0.3, -0.25) is 9.89 Å². The number of hydrogen-bond acceptors (Lipinski definition) is 5. The number of hydrogen-bond donors (Lipinski definition) is 2. The molecule has 0 aromatic heterocycles. The molecule has 7 nitrogen and oxygen atoms in total. The van der Waals surface area contributed by atoms with Crippen molar-refractivity contribution < 1.29 is 9.47 Å². The van der Waals surface area contributed by atoms with Crippen molar-refractivity contribution in [3.8, 4) is 0 Å². The molecule has 2 aliphatic heterocycles. The molecule has 2 aliphatic rings. The van der Waals surface area contributed by atoms with Gasteiger partial charge in [-0.05, 0) is 62.9 Å². The normalized spacial score (nSPS) is 19.6. The number of rotatable bonds is 10. The van der Waals surface area contributed by atoms with Crippen molar-refractivity contribution in [2.24, 2.45) is 10.9 Å². The Hall–Kier alpha value is -1.67. The molecule has 2 heterocycles. The van der Waals surface area contributed by atoms with E-state index >= 15 is 0 Å². The van der Waals surface area contributed by atoms with Gasteiger partial charge in [0.2, 0.25) is 0 Å². The molecule has 1 aromatic rings. The van der Waals surface area contributed by atoms with Crippen LogP contribution in [0.4, 0.5) is 0 Å². The second kappa shape index (κ2) is 14.5. The van der Waals surface area contributed by atoms with Crippen LogP contribution in [0, 0.1) is 5.92 Å². The lowest BCUT2D eigenvalue weighted by atomic mass is 10.0. The summed E-state index contributed by atoms with van der Waals surface area (Å²) in [7, 11) is 4.04. The number of guanidine groups is 1. The van der Waals surface area contributed by atoms with Gasteiger partial charge in [0.1, 0.15) is 0 Å². The Bertz CT molecular complexity index is 661. The van der Waals surface area contributed by atoms with Crippen molar-refractivity contribution in [1.82, 2.24) is 20.4 Å². The van der Waals surface area contributed by atoms with E-state index in [1.807, 2.05) is 7.05 Å². The maximum atomic E-state index is 5.83. The fraction of sp³-hybridized carbons (Fsp3) is 0.720. The van der Waals surface area contributed by atoms with Crippen LogP contribution in [0.1, 0.15) is 36.8 Å². The van der Waals surface area contributed by atoms with Crippen LogP contribution in [0.15, 0.2) is 29.3 Å². The van der Waals surface area contributed by atoms with Crippen molar-refractivity contribution >= 4 is 5.96 Å². The van der Waals surface area contributed by atoms with E-state index in [-0.39, 0.29) is 0 Å². The number of likely N-dealkylation sites (N-methyl/N-ethyl adjacent to an activating group) is 1. The van der Waals surface area contributed by atoms with Crippen LogP contribution in [0.5, 0.6) is 0 Å². The Balaban J connectivity index is 1.28. The van der Waals surface area contributed by atoms with E-state index in [9.17, 15) is 0 Å². The molecule has 0 aliphatic carbocycles. The lowest BCUT2D eigenvalue weighted by molar-refractivity contribution is 0.0203. The summed E-state index contributed by atoms with van der Waals surface area (Å²) in [5, 5.41) is 6.79. The summed E-state index contributed by atoms with van der Waals surface area (Å²) in [6.45, 7) is 10.8. The zero-order chi connectivity index (χ0) is 22.4. The summed E-state index contributed by atoms with van der Waals surface area (Å²) in [5.74, 6) is 1.51. The summed E-state index contributed by atoms with van der Waals surface area (Å²) in [6.07, 6.45) is 4.49. The maximum absolute atomic E-state index is 5.83. The third-order valence-electron chi connectivity index (χ3n) is 6.38. The number of benzene rings is 1. The summed E-state index contributed by atoms with van der Waals surface area (Å²) < 4.78 is 11.2. The first-order valence-corrected chi connectivity index (χ1v) is 12.3. The minimum absolute atomic E-state index is 0.670. The van der Waals surface area contributed by atoms with Gasteiger partial charge < -0.3 is 25.0 Å². The topological polar surface area (TPSA) is 61.4 Å². The number of ether oxygens (including phenoxy) is 2. The van der Waals surface area contributed by atoms with Crippen LogP contribution in [0.25, 0.3) is 0 Å². The summed E-state index contributed by atoms with van der Waals surface area (Å²) in [6, 6.07) is 8.97. The van der Waals surface area contributed by atoms with E-state index in [0.717, 1.165) is 84.4 Å². The maximum Gasteiger partial charge on any atom is 0.191 e. The monoisotopic (exact) mass is 445 g/mol. The van der Waals surface area contributed by atoms with Gasteiger partial charge in [0.05, 0.1) is 0 Å². The summed E-state index contributed by atoms with van der Waals surface area (Å²) in [5.41, 5.74) is 2.66. The molecule has 0 unspecified atom stereocenters. The lowest BCUT2D eigenvalue weighted by Crippen LogP contribution is -2.37. The zero-order valence-electron chi connectivity index (χ0n) is 20.2. The van der Waals surface area contributed by atoms with E-state index in [1.165, 1.54) is 30.6 Å². The third-order valence-corrected chi connectivity index (χ3v) is 6.38. The van der Waals surface area contributed by atoms with Crippen LogP contribution in [0.3, 0.4) is 0 Å². The number of nitrogens with one attached hydrogen (secondary N) is 2. The Kier molecular flexibility index (Phi) is 11.3. The van der Waals surface area contributed by atoms with Crippen molar-refractivity contribution in [3.05, 3.63) is 35.4 Å². The van der Waals surface area contributed by atoms with Gasteiger partial charge in [-0.15, -0.1) is 0 Å². The Morgan fingerprint density at radius 2 is 1.84 bits per heavy atom. The molecule has 0 atom stereocenters. The standard InChI is InChI=1S/C25H43N5O2/c1-26-25(27-11-3-16-32-21-24-9-17-31-18-10-24)28-19-22-5-7-23(8-6-22)20-30-13-4-12-29(2)14-15-30/h5-8,24H,3-4,9-21H2,1-2H3,(H2,26,27,28). The van der Waals surface area contributed by atoms with Gasteiger partial charge in [-0.2, -0.15) is 0 Å². The molecule has 32 heavy (non-hydrogen) atoms. The molecule has 1 aromatic carbocycles. The highest BCUT2D eigenvalue weighted by Crippen LogP contribution is 2.14. The zero-order valence-corrected chi connectivity index (χ0v) is 20.2. The predicted molar refractivity (Wildman–Crippen MR) is 131 cm³/mol. The number of nitrogens with zero attached hydrogens (tertiary/aromatic N) is 3. The highest BCUT2D eigenvalue weighted by molar-refractivity contribution is 5.79. The molecule has 180 valence electrons. The van der Waals surface area contributed by atoms with Crippen LogP contribution in [-0.2, 0) is 22.6 Å². The van der Waals surface area contributed by atoms with Crippen molar-refractivity contribution in [2.75, 3.05) is 73.2 Å². The smallest absolute Gasteiger partial charge is 0.191 e. The Labute approximate surface area is 194 Å². The van der Waals surface area contributed by atoms with E-state index in [2.05, 4.69) is 56.7 Å². The first kappa shape index (κ1) is 25.0. The average molecular weight is 446 g/mol. The second-order valence-corrected chi connectivity index (χ2v) is 9.09. The van der Waals surface area contributed by atoms with Crippen molar-refractivity contribution in [3.63, 3.8) is 0 Å². The van der Waals surface area contributed by atoms with Gasteiger partial charge in [0, 0.05) is 66.2 Å². The molecule has 0 saturated carbocycles. The lowest BCUT2D eigenvalue weighted by Gasteiger charge is -2.21. The number of aliphatic imine (C=N–C) groups is 1. The van der Waals surface area contributed by atoms with Gasteiger partial charge in [-0.25, -0.2) is 0 Å². The molecular weight excluding hydrogens is 402 g/mol. The Morgan fingerprint density at radius 1 is 1.06 bits per heavy atom. The highest BCUT2D eigenvalue weighted by atomic mass is 16.5. The van der Waals surface area contributed by atoms with Crippen molar-refractivity contribution in [1.29, 1.82) is 0 Å². The molecule has 0 amide bonds. The molecule has 7 heteroatoms. The molecule has 2 fully saturated rings. The van der Waals surface area contributed by atoms with Gasteiger partial charge >= 0.3 is 0 Å². The molecule has 0 radical (unpaired) electrons. The van der Waals surface area contributed by atoms with Crippen LogP contribution in [0.2, 0.25) is 0 Å². The summed E-state index contributed by atoms with van der Waals surface area (Å²) >= 11 is 0. The highest BCUT2D eigenvalue weighted by Gasteiger charge is 2.14. The van der Waals surface area contributed by atoms with Gasteiger partial charge in [0.25, 0.3) is 0 Å². The molecule has 2 N–H and O–H groups in total. The molecule has 3 rings (SSSR count). The second-order valence-electron chi connectivity index (χ2n) is 9.09. The van der Waals surface area contributed by atoms with E-state index in [1.54, 1.807) is 0 Å². The van der Waals surface area contributed by atoms with Crippen LogP contribution in [-0.4, -0.2) is 89.0 Å². The molecule has 2 saturated heterocycles. The first-order valence-electron chi connectivity index (χ1n) is 12.3. The minimum Gasteiger partial charge on any atom is -0.381 e. The van der Waals surface area contributed by atoms with Crippen LogP contribution >= 0.6 is 0 Å². The SMILES string of the molecule is CN=C(NCCCOCC1CCOCC1)NCc1ccc(CN2CCCN(C)CC2)cc1. The minimum atomic E-state index is 0.670. The van der Waals surface area contributed by atoms with Crippen molar-refractivity contribution in [2.45, 2.75) is 38.8 Å². The largest absolute Gasteiger partial charge is 0.381 e. The average Bonchev–Trinajstić information content (AvgIpc) is 3.03. The quantitative estimate of drug-likeness (QED) is 0.327. The fourth-order valence-electron chi connectivity index (χ4n) is 4.23. The third kappa shape index (κ3) is 9.45. The molecule has 0 spiro atoms. The molecule has 0 bridgehead atoms. The van der Waals surface area contributed by atoms with Gasteiger partial charge in [-0.1, -0.05) is 24.3 Å².